The van der Waals surface area contributed by atoms with Crippen LogP contribution in [-0.2, 0) is 16.9 Å². The van der Waals surface area contributed by atoms with Gasteiger partial charge in [-0.25, -0.2) is 0 Å². The predicted octanol–water partition coefficient (Wildman–Crippen LogP) is 4.26. The Labute approximate surface area is 194 Å². The molecule has 3 aromatic carbocycles. The number of carbonyl (C=O) groups excluding carboxylic acids is 2. The highest BCUT2D eigenvalue weighted by Crippen LogP contribution is 2.45. The number of methoxy groups -OCH3 is 1. The van der Waals surface area contributed by atoms with E-state index < -0.39 is 28.6 Å². The van der Waals surface area contributed by atoms with Crippen molar-refractivity contribution in [2.24, 2.45) is 0 Å². The van der Waals surface area contributed by atoms with Crippen molar-refractivity contribution in [3.05, 3.63) is 98.6 Å². The summed E-state index contributed by atoms with van der Waals surface area (Å²) in [6.07, 6.45) is -0.603. The third kappa shape index (κ3) is 4.06. The number of rotatable bonds is 7. The summed E-state index contributed by atoms with van der Waals surface area (Å²) in [5.74, 6) is -1.30. The molecule has 0 saturated heterocycles. The van der Waals surface area contributed by atoms with E-state index in [-0.39, 0.29) is 29.1 Å². The maximum Gasteiger partial charge on any atom is 0.311 e. The first-order valence-electron chi connectivity index (χ1n) is 9.98. The van der Waals surface area contributed by atoms with Gasteiger partial charge in [0.2, 0.25) is 0 Å². The van der Waals surface area contributed by atoms with E-state index in [0.717, 1.165) is 11.6 Å². The van der Waals surface area contributed by atoms with Gasteiger partial charge in [0.15, 0.2) is 17.1 Å². The number of nitro benzene ring substituents is 1. The molecule has 168 valence electrons. The van der Waals surface area contributed by atoms with Gasteiger partial charge in [0.1, 0.15) is 0 Å². The molecule has 0 spiro atoms. The first kappa shape index (κ1) is 22.4. The number of nitrogens with zero attached hydrogens (tertiary/aromatic N) is 2. The van der Waals surface area contributed by atoms with Gasteiger partial charge in [0, 0.05) is 22.2 Å². The fraction of sp³-hybridized carbons (Fsp3) is 0.167. The second-order valence-electron chi connectivity index (χ2n) is 7.64. The van der Waals surface area contributed by atoms with Gasteiger partial charge in [0.05, 0.1) is 30.7 Å². The Kier molecular flexibility index (Phi) is 5.88. The Morgan fingerprint density at radius 3 is 2.55 bits per heavy atom. The van der Waals surface area contributed by atoms with Crippen LogP contribution in [0.1, 0.15) is 27.9 Å². The van der Waals surface area contributed by atoms with Crippen LogP contribution in [0.3, 0.4) is 0 Å². The number of hydrogen-bond acceptors (Lipinski definition) is 6. The van der Waals surface area contributed by atoms with Crippen LogP contribution in [0.15, 0.2) is 66.7 Å². The summed E-state index contributed by atoms with van der Waals surface area (Å²) < 4.78 is 4.96. The van der Waals surface area contributed by atoms with E-state index in [9.17, 15) is 24.8 Å². The Balaban J connectivity index is 1.70. The van der Waals surface area contributed by atoms with Gasteiger partial charge < -0.3 is 14.7 Å². The number of nitro groups is 1. The van der Waals surface area contributed by atoms with Crippen molar-refractivity contribution in [2.75, 3.05) is 12.0 Å². The number of halogens is 1. The summed E-state index contributed by atoms with van der Waals surface area (Å²) in [5, 5.41) is 23.1. The maximum absolute atomic E-state index is 13.4. The third-order valence-electron chi connectivity index (χ3n) is 5.59. The van der Waals surface area contributed by atoms with Crippen molar-refractivity contribution < 1.29 is 24.4 Å². The molecule has 0 unspecified atom stereocenters. The molecule has 4 rings (SSSR count). The van der Waals surface area contributed by atoms with Crippen molar-refractivity contribution in [2.45, 2.75) is 18.6 Å². The summed E-state index contributed by atoms with van der Waals surface area (Å²) in [5.41, 5.74) is -1.07. The number of Topliss-reactive ketones (excluding diaryl/α,β-unsaturated/α-hetero) is 1. The van der Waals surface area contributed by atoms with Gasteiger partial charge in [-0.05, 0) is 35.9 Å². The molecular formula is C24H19ClN2O6. The number of anilines is 1. The first-order chi connectivity index (χ1) is 15.7. The quantitative estimate of drug-likeness (QED) is 0.316. The first-order valence-corrected chi connectivity index (χ1v) is 10.4. The van der Waals surface area contributed by atoms with Crippen LogP contribution < -0.4 is 9.64 Å². The Morgan fingerprint density at radius 2 is 1.88 bits per heavy atom. The average Bonchev–Trinajstić information content (AvgIpc) is 3.00. The van der Waals surface area contributed by atoms with E-state index in [4.69, 9.17) is 16.3 Å². The van der Waals surface area contributed by atoms with Crippen molar-refractivity contribution in [1.82, 2.24) is 0 Å². The smallest absolute Gasteiger partial charge is 0.311 e. The van der Waals surface area contributed by atoms with E-state index in [1.165, 1.54) is 30.2 Å². The fourth-order valence-corrected chi connectivity index (χ4v) is 4.13. The topological polar surface area (TPSA) is 110 Å². The van der Waals surface area contributed by atoms with E-state index in [0.29, 0.717) is 10.7 Å². The zero-order valence-electron chi connectivity index (χ0n) is 17.5. The number of ketones is 1. The molecule has 33 heavy (non-hydrogen) atoms. The highest BCUT2D eigenvalue weighted by Gasteiger charge is 2.51. The Hall–Kier alpha value is -3.75. The molecule has 9 heteroatoms. The highest BCUT2D eigenvalue weighted by molar-refractivity contribution is 6.31. The number of hydrogen-bond donors (Lipinski definition) is 1. The molecule has 0 bridgehead atoms. The highest BCUT2D eigenvalue weighted by atomic mass is 35.5. The molecule has 0 radical (unpaired) electrons. The van der Waals surface area contributed by atoms with Crippen LogP contribution in [0.5, 0.6) is 5.75 Å². The van der Waals surface area contributed by atoms with Crippen LogP contribution >= 0.6 is 11.6 Å². The fourth-order valence-electron chi connectivity index (χ4n) is 3.96. The second kappa shape index (κ2) is 8.65. The number of carbonyl (C=O) groups is 2. The van der Waals surface area contributed by atoms with Crippen molar-refractivity contribution in [3.8, 4) is 5.75 Å². The number of fused-ring (bicyclic) bond motifs is 1. The molecule has 1 amide bonds. The SMILES string of the molecule is COc1ccc(C(=O)C[C@@]2(O)C(=O)N(Cc3ccccc3)c3ccc(Cl)cc32)cc1[N+](=O)[O-]. The molecule has 1 N–H and O–H groups in total. The zero-order chi connectivity index (χ0) is 23.8. The number of benzene rings is 3. The lowest BCUT2D eigenvalue weighted by Crippen LogP contribution is -2.41. The molecule has 0 aliphatic carbocycles. The van der Waals surface area contributed by atoms with Gasteiger partial charge in [-0.2, -0.15) is 0 Å². The van der Waals surface area contributed by atoms with Crippen LogP contribution in [-0.4, -0.2) is 28.8 Å². The standard InChI is InChI=1S/C24H19ClN2O6/c1-33-22-10-7-16(11-20(22)27(31)32)21(28)13-24(30)18-12-17(25)8-9-19(18)26(23(24)29)14-15-5-3-2-4-6-15/h2-12,30H,13-14H2,1H3/t24-/m0/s1. The third-order valence-corrected chi connectivity index (χ3v) is 5.83. The number of ether oxygens (including phenoxy) is 1. The van der Waals surface area contributed by atoms with Crippen molar-refractivity contribution >= 4 is 34.7 Å². The van der Waals surface area contributed by atoms with Crippen LogP contribution in [0.25, 0.3) is 0 Å². The lowest BCUT2D eigenvalue weighted by molar-refractivity contribution is -0.385. The Morgan fingerprint density at radius 1 is 1.15 bits per heavy atom. The lowest BCUT2D eigenvalue weighted by Gasteiger charge is -2.23. The van der Waals surface area contributed by atoms with E-state index in [1.54, 1.807) is 12.1 Å². The Bertz CT molecular complexity index is 1260. The molecule has 8 nitrogen and oxygen atoms in total. The minimum Gasteiger partial charge on any atom is -0.490 e. The zero-order valence-corrected chi connectivity index (χ0v) is 18.3. The molecule has 1 heterocycles. The summed E-state index contributed by atoms with van der Waals surface area (Å²) in [7, 11) is 1.28. The van der Waals surface area contributed by atoms with Gasteiger partial charge in [-0.3, -0.25) is 19.7 Å². The molecule has 0 saturated carbocycles. The molecule has 3 aromatic rings. The molecule has 1 aliphatic rings. The lowest BCUT2D eigenvalue weighted by atomic mass is 9.88. The minimum absolute atomic E-state index is 0.00151. The molecule has 0 fully saturated rings. The van der Waals surface area contributed by atoms with Gasteiger partial charge >= 0.3 is 5.69 Å². The molecular weight excluding hydrogens is 448 g/mol. The number of aliphatic hydroxyl groups is 1. The monoisotopic (exact) mass is 466 g/mol. The predicted molar refractivity (Wildman–Crippen MR) is 122 cm³/mol. The number of amides is 1. The molecule has 0 aromatic heterocycles. The summed E-state index contributed by atoms with van der Waals surface area (Å²) >= 11 is 6.13. The van der Waals surface area contributed by atoms with Crippen LogP contribution in [0.4, 0.5) is 11.4 Å². The second-order valence-corrected chi connectivity index (χ2v) is 8.08. The van der Waals surface area contributed by atoms with Crippen LogP contribution in [0, 0.1) is 10.1 Å². The largest absolute Gasteiger partial charge is 0.490 e. The van der Waals surface area contributed by atoms with Crippen molar-refractivity contribution in [3.63, 3.8) is 0 Å². The van der Waals surface area contributed by atoms with Gasteiger partial charge in [-0.15, -0.1) is 0 Å². The average molecular weight is 467 g/mol. The maximum atomic E-state index is 13.4. The van der Waals surface area contributed by atoms with E-state index in [1.807, 2.05) is 30.3 Å². The van der Waals surface area contributed by atoms with Crippen molar-refractivity contribution in [1.29, 1.82) is 0 Å². The van der Waals surface area contributed by atoms with Gasteiger partial charge in [0.25, 0.3) is 5.91 Å². The normalized spacial score (nSPS) is 17.1. The summed E-state index contributed by atoms with van der Waals surface area (Å²) in [6.45, 7) is 0.193. The minimum atomic E-state index is -2.17. The molecule has 1 aliphatic heterocycles. The molecule has 1 atom stereocenters. The summed E-state index contributed by atoms with van der Waals surface area (Å²) in [4.78, 5) is 38.5. The van der Waals surface area contributed by atoms with E-state index in [2.05, 4.69) is 0 Å². The summed E-state index contributed by atoms with van der Waals surface area (Å²) in [6, 6.07) is 17.7. The van der Waals surface area contributed by atoms with Crippen LogP contribution in [0.2, 0.25) is 5.02 Å². The van der Waals surface area contributed by atoms with Gasteiger partial charge in [-0.1, -0.05) is 41.9 Å². The van der Waals surface area contributed by atoms with E-state index >= 15 is 0 Å².